The van der Waals surface area contributed by atoms with E-state index < -0.39 is 17.0 Å². The maximum Gasteiger partial charge on any atom is 0.330 e. The van der Waals surface area contributed by atoms with Crippen LogP contribution in [0, 0.1) is 5.41 Å². The third-order valence-electron chi connectivity index (χ3n) is 4.42. The van der Waals surface area contributed by atoms with Crippen molar-refractivity contribution in [3.63, 3.8) is 0 Å². The zero-order valence-electron chi connectivity index (χ0n) is 15.4. The number of rotatable bonds is 5. The number of hydrogen-bond acceptors (Lipinski definition) is 6. The van der Waals surface area contributed by atoms with Crippen LogP contribution in [0.1, 0.15) is 32.1 Å². The van der Waals surface area contributed by atoms with Crippen molar-refractivity contribution in [1.82, 2.24) is 4.98 Å². The van der Waals surface area contributed by atoms with E-state index in [-0.39, 0.29) is 12.2 Å². The summed E-state index contributed by atoms with van der Waals surface area (Å²) in [7, 11) is 1.31. The Morgan fingerprint density at radius 3 is 2.73 bits per heavy atom. The molecule has 0 aliphatic heterocycles. The number of thiazole rings is 1. The fourth-order valence-electron chi connectivity index (χ4n) is 2.82. The molecule has 0 bridgehead atoms. The highest BCUT2D eigenvalue weighted by molar-refractivity contribution is 7.10. The molecule has 0 saturated heterocycles. The van der Waals surface area contributed by atoms with Gasteiger partial charge in [0.05, 0.1) is 12.6 Å². The summed E-state index contributed by atoms with van der Waals surface area (Å²) in [6, 6.07) is 0. The second-order valence-electron chi connectivity index (χ2n) is 6.88. The monoisotopic (exact) mass is 373 g/mol. The first kappa shape index (κ1) is 20.0. The summed E-state index contributed by atoms with van der Waals surface area (Å²) in [6.45, 7) is 5.44. The third kappa shape index (κ3) is 4.45. The van der Waals surface area contributed by atoms with Crippen LogP contribution < -0.4 is 0 Å². The first-order valence-corrected chi connectivity index (χ1v) is 9.05. The van der Waals surface area contributed by atoms with Gasteiger partial charge in [-0.15, -0.1) is 11.3 Å². The summed E-state index contributed by atoms with van der Waals surface area (Å²) in [5.74, 6) is -0.489. The molecular weight excluding hydrogens is 350 g/mol. The van der Waals surface area contributed by atoms with Gasteiger partial charge < -0.3 is 9.84 Å². The molecule has 1 N–H and O–H groups in total. The van der Waals surface area contributed by atoms with Crippen LogP contribution in [-0.2, 0) is 14.3 Å². The number of esters is 1. The maximum atomic E-state index is 12.1. The third-order valence-corrected chi connectivity index (χ3v) is 5.16. The van der Waals surface area contributed by atoms with Crippen LogP contribution in [0.25, 0.3) is 6.08 Å². The quantitative estimate of drug-likeness (QED) is 0.486. The summed E-state index contributed by atoms with van der Waals surface area (Å²) in [5, 5.41) is 11.4. The van der Waals surface area contributed by atoms with E-state index in [2.05, 4.69) is 9.72 Å². The van der Waals surface area contributed by atoms with Crippen molar-refractivity contribution in [2.24, 2.45) is 5.41 Å². The van der Waals surface area contributed by atoms with Crippen molar-refractivity contribution in [2.45, 2.75) is 32.8 Å². The average molecular weight is 373 g/mol. The molecule has 5 nitrogen and oxygen atoms in total. The van der Waals surface area contributed by atoms with E-state index >= 15 is 0 Å². The van der Waals surface area contributed by atoms with Crippen LogP contribution in [0.4, 0.5) is 0 Å². The predicted octanol–water partition coefficient (Wildman–Crippen LogP) is 3.49. The lowest BCUT2D eigenvalue weighted by atomic mass is 9.64. The Balaban J connectivity index is 2.41. The molecule has 0 radical (unpaired) electrons. The van der Waals surface area contributed by atoms with E-state index in [9.17, 15) is 14.7 Å². The smallest absolute Gasteiger partial charge is 0.330 e. The van der Waals surface area contributed by atoms with Gasteiger partial charge in [0.2, 0.25) is 0 Å². The molecule has 0 amide bonds. The first-order valence-electron chi connectivity index (χ1n) is 8.17. The molecular formula is C20H23NO4S. The van der Waals surface area contributed by atoms with Crippen LogP contribution in [0.15, 0.2) is 53.2 Å². The molecule has 0 spiro atoms. The minimum Gasteiger partial charge on any atom is -0.466 e. The highest BCUT2D eigenvalue weighted by Gasteiger charge is 2.47. The van der Waals surface area contributed by atoms with Crippen molar-refractivity contribution in [1.29, 1.82) is 0 Å². The number of carbonyl (C=O) groups is 2. The molecule has 1 aliphatic carbocycles. The maximum absolute atomic E-state index is 12.1. The van der Waals surface area contributed by atoms with E-state index in [1.165, 1.54) is 30.6 Å². The van der Waals surface area contributed by atoms with Crippen molar-refractivity contribution >= 4 is 29.2 Å². The van der Waals surface area contributed by atoms with Crippen molar-refractivity contribution in [3.05, 3.63) is 58.1 Å². The Hall–Kier alpha value is -2.31. The van der Waals surface area contributed by atoms with E-state index in [0.29, 0.717) is 11.1 Å². The summed E-state index contributed by atoms with van der Waals surface area (Å²) in [4.78, 5) is 28.4. The van der Waals surface area contributed by atoms with Gasteiger partial charge in [-0.1, -0.05) is 26.0 Å². The van der Waals surface area contributed by atoms with Crippen LogP contribution >= 0.6 is 11.3 Å². The van der Waals surface area contributed by atoms with Crippen LogP contribution in [0.2, 0.25) is 0 Å². The minimum absolute atomic E-state index is 0.0288. The number of hydrogen-bond donors (Lipinski definition) is 1. The molecule has 0 saturated carbocycles. The van der Waals surface area contributed by atoms with Gasteiger partial charge in [-0.25, -0.2) is 4.79 Å². The van der Waals surface area contributed by atoms with Gasteiger partial charge in [-0.05, 0) is 36.3 Å². The van der Waals surface area contributed by atoms with Gasteiger partial charge >= 0.3 is 5.97 Å². The molecule has 26 heavy (non-hydrogen) atoms. The molecule has 138 valence electrons. The van der Waals surface area contributed by atoms with Crippen LogP contribution in [0.5, 0.6) is 0 Å². The largest absolute Gasteiger partial charge is 0.466 e. The molecule has 0 unspecified atom stereocenters. The normalized spacial score (nSPS) is 23.5. The Morgan fingerprint density at radius 2 is 2.12 bits per heavy atom. The van der Waals surface area contributed by atoms with Gasteiger partial charge in [0, 0.05) is 29.0 Å². The number of ether oxygens (including phenoxy) is 1. The number of carbonyl (C=O) groups excluding carboxylic acids is 2. The fourth-order valence-corrected chi connectivity index (χ4v) is 3.33. The van der Waals surface area contributed by atoms with Crippen molar-refractivity contribution < 1.29 is 19.4 Å². The van der Waals surface area contributed by atoms with Gasteiger partial charge in [0.1, 0.15) is 5.60 Å². The zero-order chi connectivity index (χ0) is 19.4. The highest BCUT2D eigenvalue weighted by atomic mass is 32.1. The fraction of sp³-hybridized carbons (Fsp3) is 0.350. The molecule has 0 fully saturated rings. The number of aliphatic hydroxyl groups is 1. The summed E-state index contributed by atoms with van der Waals surface area (Å²) in [6.07, 6.45) is 11.6. The lowest BCUT2D eigenvalue weighted by Crippen LogP contribution is -2.48. The van der Waals surface area contributed by atoms with Gasteiger partial charge in [-0.2, -0.15) is 0 Å². The van der Waals surface area contributed by atoms with Crippen molar-refractivity contribution in [3.8, 4) is 0 Å². The minimum atomic E-state index is -1.35. The van der Waals surface area contributed by atoms with E-state index in [0.717, 1.165) is 4.88 Å². The Labute approximate surface area is 157 Å². The van der Waals surface area contributed by atoms with Crippen molar-refractivity contribution in [2.75, 3.05) is 7.11 Å². The van der Waals surface area contributed by atoms with Gasteiger partial charge in [-0.3, -0.25) is 9.78 Å². The number of nitrogens with zero attached hydrogens (tertiary/aromatic N) is 1. The molecule has 1 aromatic heterocycles. The number of aromatic nitrogens is 1. The van der Waals surface area contributed by atoms with Crippen LogP contribution in [-0.4, -0.2) is 34.6 Å². The highest BCUT2D eigenvalue weighted by Crippen LogP contribution is 2.45. The first-order chi connectivity index (χ1) is 12.2. The van der Waals surface area contributed by atoms with E-state index in [1.807, 2.05) is 19.9 Å². The second kappa shape index (κ2) is 7.93. The van der Waals surface area contributed by atoms with Crippen LogP contribution in [0.3, 0.4) is 0 Å². The van der Waals surface area contributed by atoms with Gasteiger partial charge in [0.15, 0.2) is 5.78 Å². The summed E-state index contributed by atoms with van der Waals surface area (Å²) in [5.41, 5.74) is 0.816. The SMILES string of the molecule is COC(=O)/C=C(C)\C=C\[C@@]1(O)C(/C=C/c2cncs2)=CC(=O)CC1(C)C. The Bertz CT molecular complexity index is 800. The molecule has 1 heterocycles. The second-order valence-corrected chi connectivity index (χ2v) is 7.79. The van der Waals surface area contributed by atoms with E-state index in [4.69, 9.17) is 0 Å². The summed E-state index contributed by atoms with van der Waals surface area (Å²) >= 11 is 1.47. The van der Waals surface area contributed by atoms with E-state index in [1.54, 1.807) is 36.9 Å². The number of allylic oxidation sites excluding steroid dienone is 3. The number of methoxy groups -OCH3 is 1. The molecule has 6 heteroatoms. The molecule has 0 aromatic carbocycles. The number of ketones is 1. The topological polar surface area (TPSA) is 76.5 Å². The molecule has 1 aliphatic rings. The lowest BCUT2D eigenvalue weighted by Gasteiger charge is -2.44. The Morgan fingerprint density at radius 1 is 1.38 bits per heavy atom. The lowest BCUT2D eigenvalue weighted by molar-refractivity contribution is -0.134. The molecule has 1 aromatic rings. The average Bonchev–Trinajstić information content (AvgIpc) is 3.08. The summed E-state index contributed by atoms with van der Waals surface area (Å²) < 4.78 is 4.61. The van der Waals surface area contributed by atoms with Gasteiger partial charge in [0.25, 0.3) is 0 Å². The predicted molar refractivity (Wildman–Crippen MR) is 102 cm³/mol. The zero-order valence-corrected chi connectivity index (χ0v) is 16.2. The molecule has 2 rings (SSSR count). The molecule has 1 atom stereocenters. The Kier molecular flexibility index (Phi) is 6.10. The standard InChI is InChI=1S/C20H23NO4S/c1-14(9-18(23)25-4)7-8-20(24)15(5-6-17-12-21-13-26-17)10-16(22)11-19(20,2)3/h5-10,12-13,24H,11H2,1-4H3/b6-5+,8-7+,14-9-/t20-/m1/s1.